The fraction of sp³-hybridized carbons (Fsp3) is 0.281. The van der Waals surface area contributed by atoms with E-state index in [0.717, 1.165) is 12.8 Å². The first kappa shape index (κ1) is 20.4. The van der Waals surface area contributed by atoms with E-state index in [1.165, 1.54) is 78.5 Å². The molecule has 34 heavy (non-hydrogen) atoms. The SMILES string of the molecule is [2H]C1(c2cccc3c2sc2c(-c4c[n+](C)c(-c5ccccc5C)cc4C)cccc23)CCCCC1. The molecular weight excluding hydrogens is 430 g/mol. The molecular formula is C32H32NS+. The Labute approximate surface area is 208 Å². The molecule has 0 amide bonds. The Balaban J connectivity index is 1.54. The van der Waals surface area contributed by atoms with Crippen LogP contribution in [-0.2, 0) is 7.05 Å². The fourth-order valence-electron chi connectivity index (χ4n) is 5.72. The molecule has 3 aromatic carbocycles. The number of hydrogen-bond donors (Lipinski definition) is 0. The van der Waals surface area contributed by atoms with E-state index in [-0.39, 0.29) is 0 Å². The maximum absolute atomic E-state index is 9.32. The van der Waals surface area contributed by atoms with Gasteiger partial charge >= 0.3 is 0 Å². The monoisotopic (exact) mass is 463 g/mol. The normalized spacial score (nSPS) is 16.1. The fourth-order valence-corrected chi connectivity index (χ4v) is 7.11. The van der Waals surface area contributed by atoms with E-state index in [1.807, 2.05) is 11.3 Å². The molecule has 6 rings (SSSR count). The van der Waals surface area contributed by atoms with Crippen LogP contribution in [0.1, 0.15) is 56.1 Å². The molecule has 0 N–H and O–H groups in total. The zero-order valence-electron chi connectivity index (χ0n) is 21.3. The minimum Gasteiger partial charge on any atom is -0.200 e. The van der Waals surface area contributed by atoms with Crippen LogP contribution in [0.2, 0.25) is 0 Å². The summed E-state index contributed by atoms with van der Waals surface area (Å²) in [6.45, 7) is 4.41. The van der Waals surface area contributed by atoms with Crippen LogP contribution >= 0.6 is 11.3 Å². The van der Waals surface area contributed by atoms with Crippen LogP contribution in [0.25, 0.3) is 42.6 Å². The van der Waals surface area contributed by atoms with E-state index in [1.54, 1.807) is 0 Å². The van der Waals surface area contributed by atoms with Crippen molar-refractivity contribution in [2.75, 3.05) is 0 Å². The molecule has 1 saturated carbocycles. The first-order valence-electron chi connectivity index (χ1n) is 13.0. The molecule has 2 aromatic heterocycles. The van der Waals surface area contributed by atoms with Crippen molar-refractivity contribution in [2.45, 2.75) is 51.8 Å². The van der Waals surface area contributed by atoms with Gasteiger partial charge in [0.15, 0.2) is 6.20 Å². The van der Waals surface area contributed by atoms with E-state index < -0.39 is 5.89 Å². The summed E-state index contributed by atoms with van der Waals surface area (Å²) in [7, 11) is 2.15. The lowest BCUT2D eigenvalue weighted by Crippen LogP contribution is -2.31. The summed E-state index contributed by atoms with van der Waals surface area (Å²) in [6, 6.07) is 24.3. The second-order valence-electron chi connectivity index (χ2n) is 9.81. The zero-order valence-corrected chi connectivity index (χ0v) is 21.1. The van der Waals surface area contributed by atoms with Gasteiger partial charge in [-0.25, -0.2) is 4.57 Å². The first-order chi connectivity index (χ1) is 17.0. The number of aryl methyl sites for hydroxylation is 3. The summed E-state index contributed by atoms with van der Waals surface area (Å²) in [5.74, 6) is -0.448. The predicted octanol–water partition coefficient (Wildman–Crippen LogP) is 8.88. The van der Waals surface area contributed by atoms with E-state index >= 15 is 0 Å². The molecule has 1 aliphatic carbocycles. The summed E-state index contributed by atoms with van der Waals surface area (Å²) in [6.07, 6.45) is 7.84. The number of thiophene rings is 1. The maximum Gasteiger partial charge on any atom is 0.212 e. The molecule has 1 aliphatic rings. The Morgan fingerprint density at radius 3 is 2.26 bits per heavy atom. The topological polar surface area (TPSA) is 3.88 Å². The van der Waals surface area contributed by atoms with Crippen LogP contribution in [0.15, 0.2) is 72.9 Å². The van der Waals surface area contributed by atoms with Crippen molar-refractivity contribution >= 4 is 31.5 Å². The highest BCUT2D eigenvalue weighted by Gasteiger charge is 2.22. The lowest BCUT2D eigenvalue weighted by atomic mass is 9.83. The Bertz CT molecular complexity index is 1570. The van der Waals surface area contributed by atoms with Gasteiger partial charge in [-0.2, -0.15) is 0 Å². The van der Waals surface area contributed by atoms with Crippen molar-refractivity contribution in [2.24, 2.45) is 7.05 Å². The molecule has 0 aliphatic heterocycles. The molecule has 2 heteroatoms. The van der Waals surface area contributed by atoms with Gasteiger partial charge in [-0.05, 0) is 55.3 Å². The lowest BCUT2D eigenvalue weighted by molar-refractivity contribution is -0.660. The van der Waals surface area contributed by atoms with Crippen molar-refractivity contribution in [3.8, 4) is 22.4 Å². The third kappa shape index (κ3) is 3.56. The third-order valence-corrected chi connectivity index (χ3v) is 8.84. The molecule has 1 nitrogen and oxygen atoms in total. The van der Waals surface area contributed by atoms with Gasteiger partial charge in [0.1, 0.15) is 7.05 Å². The first-order valence-corrected chi connectivity index (χ1v) is 13.3. The highest BCUT2D eigenvalue weighted by molar-refractivity contribution is 7.26. The molecule has 0 atom stereocenters. The lowest BCUT2D eigenvalue weighted by Gasteiger charge is -2.22. The second kappa shape index (κ2) is 8.67. The average Bonchev–Trinajstić information content (AvgIpc) is 3.25. The third-order valence-electron chi connectivity index (χ3n) is 7.55. The maximum atomic E-state index is 9.32. The number of pyridine rings is 1. The number of fused-ring (bicyclic) bond motifs is 3. The van der Waals surface area contributed by atoms with Crippen LogP contribution in [0.5, 0.6) is 0 Å². The van der Waals surface area contributed by atoms with Gasteiger partial charge < -0.3 is 0 Å². The summed E-state index contributed by atoms with van der Waals surface area (Å²) in [4.78, 5) is 0. The molecule has 0 bridgehead atoms. The highest BCUT2D eigenvalue weighted by atomic mass is 32.1. The van der Waals surface area contributed by atoms with Crippen molar-refractivity contribution in [1.29, 1.82) is 0 Å². The van der Waals surface area contributed by atoms with E-state index in [0.29, 0.717) is 0 Å². The van der Waals surface area contributed by atoms with Gasteiger partial charge in [0.05, 0.1) is 5.56 Å². The number of rotatable bonds is 3. The average molecular weight is 464 g/mol. The van der Waals surface area contributed by atoms with E-state index in [9.17, 15) is 1.37 Å². The number of nitrogens with zero attached hydrogens (tertiary/aromatic N) is 1. The molecule has 0 unspecified atom stereocenters. The van der Waals surface area contributed by atoms with Gasteiger partial charge in [-0.15, -0.1) is 11.3 Å². The van der Waals surface area contributed by atoms with Gasteiger partial charge in [-0.3, -0.25) is 0 Å². The van der Waals surface area contributed by atoms with Gasteiger partial charge in [0.25, 0.3) is 0 Å². The summed E-state index contributed by atoms with van der Waals surface area (Å²) < 4.78 is 14.2. The number of benzene rings is 3. The minimum absolute atomic E-state index is 0.448. The molecule has 0 radical (unpaired) electrons. The largest absolute Gasteiger partial charge is 0.212 e. The molecule has 2 heterocycles. The van der Waals surface area contributed by atoms with Gasteiger partial charge in [0.2, 0.25) is 5.69 Å². The van der Waals surface area contributed by atoms with E-state index in [4.69, 9.17) is 0 Å². The van der Waals surface area contributed by atoms with Crippen LogP contribution in [0, 0.1) is 13.8 Å². The van der Waals surface area contributed by atoms with Crippen LogP contribution in [0.4, 0.5) is 0 Å². The Morgan fingerprint density at radius 1 is 0.765 bits per heavy atom. The summed E-state index contributed by atoms with van der Waals surface area (Å²) in [5, 5.41) is 2.62. The number of hydrogen-bond acceptors (Lipinski definition) is 1. The predicted molar refractivity (Wildman–Crippen MR) is 147 cm³/mol. The molecule has 0 spiro atoms. The molecule has 0 saturated heterocycles. The Kier molecular flexibility index (Phi) is 5.20. The second-order valence-corrected chi connectivity index (χ2v) is 10.8. The smallest absolute Gasteiger partial charge is 0.200 e. The molecule has 1 fully saturated rings. The summed E-state index contributed by atoms with van der Waals surface area (Å²) in [5.41, 5.74) is 8.91. The standard InChI is InChI=1S/C32H32NS/c1-21-11-7-8-14-24(21)30-19-22(2)29(20-33(30)3)28-18-10-17-27-26-16-9-15-25(31(26)34-32(27)28)23-12-5-4-6-13-23/h7-11,14-20,23H,4-6,12-13H2,1-3H3/q+1/i23D. The number of aromatic nitrogens is 1. The Morgan fingerprint density at radius 2 is 1.47 bits per heavy atom. The van der Waals surface area contributed by atoms with Crippen LogP contribution in [-0.4, -0.2) is 0 Å². The van der Waals surface area contributed by atoms with Crippen molar-refractivity contribution in [3.63, 3.8) is 0 Å². The molecule has 5 aromatic rings. The van der Waals surface area contributed by atoms with E-state index in [2.05, 4.69) is 98.4 Å². The highest BCUT2D eigenvalue weighted by Crippen LogP contribution is 2.45. The van der Waals surface area contributed by atoms with Crippen LogP contribution < -0.4 is 4.57 Å². The zero-order chi connectivity index (χ0) is 24.2. The van der Waals surface area contributed by atoms with Crippen molar-refractivity contribution in [1.82, 2.24) is 0 Å². The van der Waals surface area contributed by atoms with Gasteiger partial charge in [-0.1, -0.05) is 73.9 Å². The molecule has 170 valence electrons. The van der Waals surface area contributed by atoms with Gasteiger partial charge in [0, 0.05) is 38.7 Å². The Hall–Kier alpha value is -2.97. The van der Waals surface area contributed by atoms with Crippen molar-refractivity contribution in [3.05, 3.63) is 89.6 Å². The quantitative estimate of drug-likeness (QED) is 0.235. The minimum atomic E-state index is -0.448. The van der Waals surface area contributed by atoms with Crippen molar-refractivity contribution < 1.29 is 5.94 Å². The van der Waals surface area contributed by atoms with Crippen LogP contribution in [0.3, 0.4) is 0 Å². The summed E-state index contributed by atoms with van der Waals surface area (Å²) >= 11 is 1.89.